The number of halogens is 1. The third kappa shape index (κ3) is 6.10. The summed E-state index contributed by atoms with van der Waals surface area (Å²) in [7, 11) is -0.259. The van der Waals surface area contributed by atoms with E-state index in [-0.39, 0.29) is 22.8 Å². The van der Waals surface area contributed by atoms with Gasteiger partial charge in [-0.05, 0) is 74.7 Å². The van der Waals surface area contributed by atoms with E-state index >= 15 is 0 Å². The van der Waals surface area contributed by atoms with Crippen molar-refractivity contribution in [1.82, 2.24) is 0 Å². The minimum Gasteiger partial charge on any atom is -0.461 e. The molecule has 0 bridgehead atoms. The van der Waals surface area contributed by atoms with Gasteiger partial charge >= 0.3 is 11.9 Å². The Bertz CT molecular complexity index is 1050. The Morgan fingerprint density at radius 3 is 1.91 bits per heavy atom. The van der Waals surface area contributed by atoms with Crippen molar-refractivity contribution in [3.63, 3.8) is 0 Å². The Labute approximate surface area is 212 Å². The van der Waals surface area contributed by atoms with Gasteiger partial charge in [0, 0.05) is 0 Å². The van der Waals surface area contributed by atoms with Crippen LogP contribution in [0.5, 0.6) is 5.75 Å². The number of esters is 2. The summed E-state index contributed by atoms with van der Waals surface area (Å²) in [5.74, 6) is -0.615. The summed E-state index contributed by atoms with van der Waals surface area (Å²) in [6.07, 6.45) is 2.77. The van der Waals surface area contributed by atoms with Gasteiger partial charge in [-0.3, -0.25) is 9.59 Å². The zero-order valence-electron chi connectivity index (χ0n) is 19.1. The van der Waals surface area contributed by atoms with Crippen molar-refractivity contribution in [3.05, 3.63) is 84.9 Å². The van der Waals surface area contributed by atoms with Crippen LogP contribution >= 0.6 is 15.9 Å². The van der Waals surface area contributed by atoms with E-state index in [0.29, 0.717) is 18.6 Å². The highest BCUT2D eigenvalue weighted by Crippen LogP contribution is 2.33. The highest BCUT2D eigenvalue weighted by Gasteiger charge is 2.36. The predicted octanol–water partition coefficient (Wildman–Crippen LogP) is 6.57. The molecule has 6 heteroatoms. The van der Waals surface area contributed by atoms with Crippen molar-refractivity contribution in [2.75, 3.05) is 0 Å². The van der Waals surface area contributed by atoms with Gasteiger partial charge in [-0.1, -0.05) is 58.7 Å². The van der Waals surface area contributed by atoms with Crippen LogP contribution < -0.4 is 4.74 Å². The van der Waals surface area contributed by atoms with E-state index in [1.807, 2.05) is 36.4 Å². The molecule has 4 nitrogen and oxygen atoms in total. The zero-order chi connectivity index (χ0) is 23.9. The van der Waals surface area contributed by atoms with Gasteiger partial charge in [-0.15, -0.1) is 0 Å². The largest absolute Gasteiger partial charge is 0.461 e. The number of carbonyl (C=O) groups excluding carboxylic acids is 2. The molecule has 0 heterocycles. The van der Waals surface area contributed by atoms with Crippen molar-refractivity contribution in [2.24, 2.45) is 5.92 Å². The van der Waals surface area contributed by atoms with Gasteiger partial charge in [0.25, 0.3) is 0 Å². The summed E-state index contributed by atoms with van der Waals surface area (Å²) in [5.41, 5.74) is 0. The number of ether oxygens (including phenoxy) is 2. The van der Waals surface area contributed by atoms with Crippen LogP contribution in [0.2, 0.25) is 0 Å². The quantitative estimate of drug-likeness (QED) is 0.147. The second-order valence-electron chi connectivity index (χ2n) is 8.31. The first kappa shape index (κ1) is 24.6. The molecular weight excluding hydrogens is 512 g/mol. The van der Waals surface area contributed by atoms with Crippen molar-refractivity contribution < 1.29 is 19.1 Å². The Morgan fingerprint density at radius 1 is 0.824 bits per heavy atom. The molecular formula is C28H28BrO4S+. The molecule has 3 aromatic carbocycles. The lowest BCUT2D eigenvalue weighted by Gasteiger charge is -2.29. The molecule has 4 rings (SSSR count). The molecule has 176 valence electrons. The summed E-state index contributed by atoms with van der Waals surface area (Å²) in [5, 5.41) is 0. The van der Waals surface area contributed by atoms with Crippen molar-refractivity contribution in [1.29, 1.82) is 0 Å². The molecule has 0 N–H and O–H groups in total. The minimum atomic E-state index is -0.438. The number of carbonyl (C=O) groups is 2. The lowest BCUT2D eigenvalue weighted by molar-refractivity contribution is -0.159. The number of rotatable bonds is 7. The first-order valence-corrected chi connectivity index (χ1v) is 13.7. The molecule has 0 saturated heterocycles. The highest BCUT2D eigenvalue weighted by atomic mass is 79.9. The van der Waals surface area contributed by atoms with Crippen LogP contribution in [0.1, 0.15) is 32.6 Å². The first-order valence-electron chi connectivity index (χ1n) is 11.5. The van der Waals surface area contributed by atoms with Crippen LogP contribution in [0.25, 0.3) is 0 Å². The van der Waals surface area contributed by atoms with Gasteiger partial charge in [-0.2, -0.15) is 0 Å². The molecule has 34 heavy (non-hydrogen) atoms. The third-order valence-electron chi connectivity index (χ3n) is 5.83. The van der Waals surface area contributed by atoms with Crippen LogP contribution in [0.4, 0.5) is 0 Å². The molecule has 3 unspecified atom stereocenters. The van der Waals surface area contributed by atoms with E-state index in [0.717, 1.165) is 17.7 Å². The zero-order valence-corrected chi connectivity index (χ0v) is 21.5. The fraction of sp³-hybridized carbons (Fsp3) is 0.286. The van der Waals surface area contributed by atoms with Gasteiger partial charge in [0.05, 0.1) is 16.8 Å². The standard InChI is InChI=1S/C28H28BrO4S/c1-20(29)27(30)33-26-15-9-8-14-25(26)28(31)32-21-16-18-24(19-17-21)34(22-10-4-2-5-11-22)23-12-6-3-7-13-23/h2-7,10-13,16-20,25-26H,8-9,14-15H2,1H3/q+1. The third-order valence-corrected chi connectivity index (χ3v) is 8.44. The predicted molar refractivity (Wildman–Crippen MR) is 137 cm³/mol. The summed E-state index contributed by atoms with van der Waals surface area (Å²) in [6.45, 7) is 1.72. The van der Waals surface area contributed by atoms with Gasteiger partial charge in [0.1, 0.15) is 16.7 Å². The summed E-state index contributed by atoms with van der Waals surface area (Å²) < 4.78 is 11.3. The van der Waals surface area contributed by atoms with Crippen LogP contribution in [0, 0.1) is 5.92 Å². The fourth-order valence-electron chi connectivity index (χ4n) is 4.11. The molecule has 1 aliphatic carbocycles. The topological polar surface area (TPSA) is 52.6 Å². The van der Waals surface area contributed by atoms with E-state index in [9.17, 15) is 9.59 Å². The molecule has 0 aromatic heterocycles. The highest BCUT2D eigenvalue weighted by molar-refractivity contribution is 9.10. The van der Waals surface area contributed by atoms with Crippen molar-refractivity contribution in [3.8, 4) is 5.75 Å². The maximum atomic E-state index is 13.0. The molecule has 3 atom stereocenters. The molecule has 0 aliphatic heterocycles. The normalized spacial score (nSPS) is 18.8. The van der Waals surface area contributed by atoms with Crippen LogP contribution in [0.3, 0.4) is 0 Å². The van der Waals surface area contributed by atoms with Gasteiger partial charge in [-0.25, -0.2) is 0 Å². The van der Waals surface area contributed by atoms with Gasteiger partial charge < -0.3 is 9.47 Å². The Morgan fingerprint density at radius 2 is 1.35 bits per heavy atom. The van der Waals surface area contributed by atoms with E-state index in [4.69, 9.17) is 9.47 Å². The van der Waals surface area contributed by atoms with E-state index in [1.54, 1.807) is 6.92 Å². The molecule has 0 spiro atoms. The number of benzene rings is 3. The van der Waals surface area contributed by atoms with E-state index in [1.165, 1.54) is 9.79 Å². The monoisotopic (exact) mass is 539 g/mol. The number of alkyl halides is 1. The molecule has 1 fully saturated rings. The second-order valence-corrected chi connectivity index (χ2v) is 11.7. The average Bonchev–Trinajstić information content (AvgIpc) is 2.87. The minimum absolute atomic E-state index is 0.259. The summed E-state index contributed by atoms with van der Waals surface area (Å²) >= 11 is 3.24. The second kappa shape index (κ2) is 11.7. The lowest BCUT2D eigenvalue weighted by atomic mass is 9.86. The molecule has 1 saturated carbocycles. The SMILES string of the molecule is CC(Br)C(=O)OC1CCCCC1C(=O)Oc1ccc([S+](c2ccccc2)c2ccccc2)cc1. The van der Waals surface area contributed by atoms with E-state index < -0.39 is 16.8 Å². The Kier molecular flexibility index (Phi) is 8.46. The molecule has 0 radical (unpaired) electrons. The maximum absolute atomic E-state index is 13.0. The van der Waals surface area contributed by atoms with E-state index in [2.05, 4.69) is 64.5 Å². The number of hydrogen-bond acceptors (Lipinski definition) is 4. The smallest absolute Gasteiger partial charge is 0.319 e. The fourth-order valence-corrected chi connectivity index (χ4v) is 6.30. The summed E-state index contributed by atoms with van der Waals surface area (Å²) in [4.78, 5) is 28.2. The van der Waals surface area contributed by atoms with Gasteiger partial charge in [0.15, 0.2) is 14.7 Å². The Balaban J connectivity index is 1.50. The first-order chi connectivity index (χ1) is 16.5. The van der Waals surface area contributed by atoms with Crippen molar-refractivity contribution >= 4 is 38.8 Å². The lowest BCUT2D eigenvalue weighted by Crippen LogP contribution is -2.38. The number of hydrogen-bond donors (Lipinski definition) is 0. The maximum Gasteiger partial charge on any atom is 0.319 e. The average molecular weight is 540 g/mol. The van der Waals surface area contributed by atoms with Gasteiger partial charge in [0.2, 0.25) is 0 Å². The molecule has 1 aliphatic rings. The van der Waals surface area contributed by atoms with Crippen molar-refractivity contribution in [2.45, 2.75) is 58.2 Å². The van der Waals surface area contributed by atoms with Crippen LogP contribution in [-0.2, 0) is 25.2 Å². The summed E-state index contributed by atoms with van der Waals surface area (Å²) in [6, 6.07) is 28.6. The Hall–Kier alpha value is -2.57. The molecule has 0 amide bonds. The molecule has 3 aromatic rings. The van der Waals surface area contributed by atoms with Crippen LogP contribution in [0.15, 0.2) is 99.6 Å². The van der Waals surface area contributed by atoms with Crippen LogP contribution in [-0.4, -0.2) is 22.9 Å².